The van der Waals surface area contributed by atoms with Crippen LogP contribution in [0.15, 0.2) is 48.6 Å². The number of allylic oxidation sites excluding steroid dienone is 8. The lowest BCUT2D eigenvalue weighted by Gasteiger charge is -2.40. The van der Waals surface area contributed by atoms with E-state index in [0.29, 0.717) is 12.8 Å². The van der Waals surface area contributed by atoms with Crippen molar-refractivity contribution in [1.29, 1.82) is 0 Å². The van der Waals surface area contributed by atoms with E-state index in [1.807, 2.05) is 0 Å². The Morgan fingerprint density at radius 2 is 0.984 bits per heavy atom. The van der Waals surface area contributed by atoms with Gasteiger partial charge in [0.1, 0.15) is 24.4 Å². The molecule has 1 aliphatic rings. The number of carbonyl (C=O) groups is 1. The summed E-state index contributed by atoms with van der Waals surface area (Å²) in [4.78, 5) is 13.0. The first-order valence-electron chi connectivity index (χ1n) is 26.3. The van der Waals surface area contributed by atoms with Gasteiger partial charge in [-0.2, -0.15) is 0 Å². The number of aliphatic hydroxyl groups is 5. The second kappa shape index (κ2) is 44.0. The molecule has 9 heteroatoms. The van der Waals surface area contributed by atoms with E-state index in [2.05, 4.69) is 67.8 Å². The Labute approximate surface area is 386 Å². The number of ether oxygens (including phenoxy) is 2. The molecule has 1 saturated heterocycles. The van der Waals surface area contributed by atoms with Crippen molar-refractivity contribution in [2.24, 2.45) is 0 Å². The maximum Gasteiger partial charge on any atom is 0.220 e. The summed E-state index contributed by atoms with van der Waals surface area (Å²) in [6.45, 7) is 3.73. The molecule has 7 unspecified atom stereocenters. The molecule has 0 aliphatic carbocycles. The SMILES string of the molecule is CC/C=C\C/C=C\C/C=C\C/C=C\CCCCCCCCCCCCCCCCC(=O)NC(COC1OC(CO)C(O)C(O)C1O)C(O)CCCCCCCCCCCCCCC. The number of unbranched alkanes of at least 4 members (excludes halogenated alkanes) is 26. The van der Waals surface area contributed by atoms with Crippen LogP contribution >= 0.6 is 0 Å². The summed E-state index contributed by atoms with van der Waals surface area (Å²) in [7, 11) is 0. The smallest absolute Gasteiger partial charge is 0.220 e. The molecule has 0 radical (unpaired) electrons. The summed E-state index contributed by atoms with van der Waals surface area (Å²) < 4.78 is 11.3. The molecule has 1 fully saturated rings. The molecule has 368 valence electrons. The van der Waals surface area contributed by atoms with Crippen LogP contribution < -0.4 is 5.32 Å². The minimum atomic E-state index is -1.55. The molecule has 0 saturated carbocycles. The van der Waals surface area contributed by atoms with Crippen molar-refractivity contribution in [3.8, 4) is 0 Å². The highest BCUT2D eigenvalue weighted by Crippen LogP contribution is 2.23. The fourth-order valence-corrected chi connectivity index (χ4v) is 8.27. The number of carbonyl (C=O) groups excluding carboxylic acids is 1. The van der Waals surface area contributed by atoms with Gasteiger partial charge < -0.3 is 40.3 Å². The van der Waals surface area contributed by atoms with Crippen LogP contribution in [0, 0.1) is 0 Å². The van der Waals surface area contributed by atoms with Crippen LogP contribution in [0.1, 0.15) is 232 Å². The zero-order chi connectivity index (χ0) is 45.9. The number of hydrogen-bond acceptors (Lipinski definition) is 8. The molecule has 1 rings (SSSR count). The number of rotatable bonds is 44. The van der Waals surface area contributed by atoms with Gasteiger partial charge in [0, 0.05) is 6.42 Å². The van der Waals surface area contributed by atoms with Gasteiger partial charge in [0.25, 0.3) is 0 Å². The van der Waals surface area contributed by atoms with Crippen LogP contribution in [-0.2, 0) is 14.3 Å². The van der Waals surface area contributed by atoms with Crippen LogP contribution in [0.5, 0.6) is 0 Å². The van der Waals surface area contributed by atoms with Crippen molar-refractivity contribution >= 4 is 5.91 Å². The van der Waals surface area contributed by atoms with Crippen LogP contribution in [0.3, 0.4) is 0 Å². The third-order valence-corrected chi connectivity index (χ3v) is 12.4. The van der Waals surface area contributed by atoms with Crippen molar-refractivity contribution in [2.75, 3.05) is 13.2 Å². The molecule has 0 bridgehead atoms. The summed E-state index contributed by atoms with van der Waals surface area (Å²) in [6, 6.07) is -0.719. The minimum Gasteiger partial charge on any atom is -0.394 e. The molecule has 9 nitrogen and oxygen atoms in total. The van der Waals surface area contributed by atoms with E-state index in [4.69, 9.17) is 9.47 Å². The largest absolute Gasteiger partial charge is 0.394 e. The van der Waals surface area contributed by atoms with Crippen molar-refractivity contribution in [3.05, 3.63) is 48.6 Å². The van der Waals surface area contributed by atoms with Crippen LogP contribution in [-0.4, -0.2) is 87.5 Å². The molecule has 1 heterocycles. The van der Waals surface area contributed by atoms with Gasteiger partial charge in [0.2, 0.25) is 5.91 Å². The van der Waals surface area contributed by atoms with Gasteiger partial charge in [-0.1, -0.05) is 223 Å². The third-order valence-electron chi connectivity index (χ3n) is 12.4. The van der Waals surface area contributed by atoms with Crippen molar-refractivity contribution in [1.82, 2.24) is 5.32 Å². The number of amides is 1. The summed E-state index contributed by atoms with van der Waals surface area (Å²) in [5.41, 5.74) is 0. The van der Waals surface area contributed by atoms with Gasteiger partial charge in [-0.25, -0.2) is 0 Å². The third kappa shape index (κ3) is 34.2. The molecule has 7 atom stereocenters. The highest BCUT2D eigenvalue weighted by atomic mass is 16.7. The molecular weight excluding hydrogens is 791 g/mol. The predicted molar refractivity (Wildman–Crippen MR) is 263 cm³/mol. The second-order valence-electron chi connectivity index (χ2n) is 18.3. The van der Waals surface area contributed by atoms with Crippen molar-refractivity contribution in [2.45, 2.75) is 275 Å². The lowest BCUT2D eigenvalue weighted by atomic mass is 9.99. The molecular formula is C54H99NO8. The van der Waals surface area contributed by atoms with Crippen molar-refractivity contribution < 1.29 is 39.8 Å². The van der Waals surface area contributed by atoms with E-state index in [-0.39, 0.29) is 12.5 Å². The average molecular weight is 890 g/mol. The van der Waals surface area contributed by atoms with E-state index in [9.17, 15) is 30.3 Å². The lowest BCUT2D eigenvalue weighted by molar-refractivity contribution is -0.302. The highest BCUT2D eigenvalue weighted by molar-refractivity contribution is 5.76. The van der Waals surface area contributed by atoms with E-state index in [1.165, 1.54) is 141 Å². The number of nitrogens with one attached hydrogen (secondary N) is 1. The molecule has 1 aliphatic heterocycles. The van der Waals surface area contributed by atoms with Gasteiger partial charge in [-0.3, -0.25) is 4.79 Å². The standard InChI is InChI=1S/C54H99NO8/c1-3-5-7-9-11-13-15-17-18-19-20-21-22-23-24-25-26-27-28-29-30-32-34-36-38-40-42-44-50(58)55-47(46-62-54-53(61)52(60)51(59)49(45-56)63-54)48(57)43-41-39-37-35-33-31-16-14-12-10-8-6-4-2/h5,7,11,13,17-18,20-21,47-49,51-54,56-57,59-61H,3-4,6,8-10,12,14-16,19,22-46H2,1-2H3,(H,55,58)/b7-5-,13-11-,18-17-,21-20-. The molecule has 0 aromatic carbocycles. The normalized spacial score (nSPS) is 20.5. The first kappa shape index (κ1) is 59.2. The van der Waals surface area contributed by atoms with Crippen LogP contribution in [0.25, 0.3) is 0 Å². The maximum atomic E-state index is 13.0. The Hall–Kier alpha value is -1.85. The van der Waals surface area contributed by atoms with Gasteiger partial charge in [0.05, 0.1) is 25.4 Å². The van der Waals surface area contributed by atoms with E-state index in [0.717, 1.165) is 64.2 Å². The first-order valence-corrected chi connectivity index (χ1v) is 26.3. The fourth-order valence-electron chi connectivity index (χ4n) is 8.27. The van der Waals surface area contributed by atoms with E-state index < -0.39 is 49.5 Å². The number of aliphatic hydroxyl groups excluding tert-OH is 5. The Kier molecular flexibility index (Phi) is 41.3. The average Bonchev–Trinajstić information content (AvgIpc) is 3.28. The Morgan fingerprint density at radius 3 is 1.46 bits per heavy atom. The van der Waals surface area contributed by atoms with Gasteiger partial charge >= 0.3 is 0 Å². The Morgan fingerprint density at radius 1 is 0.556 bits per heavy atom. The predicted octanol–water partition coefficient (Wildman–Crippen LogP) is 12.2. The van der Waals surface area contributed by atoms with Gasteiger partial charge in [-0.15, -0.1) is 0 Å². The molecule has 63 heavy (non-hydrogen) atoms. The quantitative estimate of drug-likeness (QED) is 0.0262. The van der Waals surface area contributed by atoms with E-state index >= 15 is 0 Å². The topological polar surface area (TPSA) is 149 Å². The second-order valence-corrected chi connectivity index (χ2v) is 18.3. The van der Waals surface area contributed by atoms with Crippen molar-refractivity contribution in [3.63, 3.8) is 0 Å². The highest BCUT2D eigenvalue weighted by Gasteiger charge is 2.44. The number of hydrogen-bond donors (Lipinski definition) is 6. The lowest BCUT2D eigenvalue weighted by Crippen LogP contribution is -2.60. The molecule has 0 spiro atoms. The van der Waals surface area contributed by atoms with Gasteiger partial charge in [0.15, 0.2) is 6.29 Å². The molecule has 1 amide bonds. The summed E-state index contributed by atoms with van der Waals surface area (Å²) in [5, 5.41) is 54.5. The Bertz CT molecular complexity index is 1130. The van der Waals surface area contributed by atoms with E-state index in [1.54, 1.807) is 0 Å². The maximum absolute atomic E-state index is 13.0. The zero-order valence-corrected chi connectivity index (χ0v) is 40.6. The van der Waals surface area contributed by atoms with Crippen LogP contribution in [0.2, 0.25) is 0 Å². The van der Waals surface area contributed by atoms with Gasteiger partial charge in [-0.05, 0) is 51.4 Å². The zero-order valence-electron chi connectivity index (χ0n) is 40.6. The summed E-state index contributed by atoms with van der Waals surface area (Å²) in [6.07, 6.45) is 49.9. The first-order chi connectivity index (χ1) is 30.8. The Balaban J connectivity index is 2.19. The fraction of sp³-hybridized carbons (Fsp3) is 0.833. The van der Waals surface area contributed by atoms with Crippen LogP contribution in [0.4, 0.5) is 0 Å². The minimum absolute atomic E-state index is 0.138. The monoisotopic (exact) mass is 890 g/mol. The molecule has 0 aromatic heterocycles. The summed E-state index contributed by atoms with van der Waals surface area (Å²) >= 11 is 0. The molecule has 0 aromatic rings. The summed E-state index contributed by atoms with van der Waals surface area (Å²) in [5.74, 6) is -0.146. The molecule has 6 N–H and O–H groups in total.